The number of hydrogen-bond acceptors (Lipinski definition) is 6. The minimum Gasteiger partial charge on any atom is -0.457 e. The average molecular weight is 774 g/mol. The van der Waals surface area contributed by atoms with Crippen molar-refractivity contribution in [1.82, 2.24) is 33.7 Å². The minimum absolute atomic E-state index is 0.311. The third-order valence-corrected chi connectivity index (χ3v) is 11.9. The second-order valence-corrected chi connectivity index (χ2v) is 17.0. The van der Waals surface area contributed by atoms with Crippen molar-refractivity contribution in [1.29, 1.82) is 0 Å². The number of fused-ring (bicyclic) bond motifs is 12. The average Bonchev–Trinajstić information content (AvgIpc) is 3.92. The maximum atomic E-state index is 6.71. The Labute approximate surface area is 343 Å². The summed E-state index contributed by atoms with van der Waals surface area (Å²) in [7, 11) is 0. The van der Waals surface area contributed by atoms with Gasteiger partial charge in [-0.05, 0) is 99.8 Å². The summed E-state index contributed by atoms with van der Waals surface area (Å²) in [4.78, 5) is 24.9. The molecule has 0 spiro atoms. The van der Waals surface area contributed by atoms with Crippen molar-refractivity contribution in [2.24, 2.45) is 0 Å². The number of aromatic nitrogens is 7. The molecular formula is C51H47N7O. The molecule has 0 aliphatic rings. The lowest BCUT2D eigenvalue weighted by atomic mass is 9.86. The van der Waals surface area contributed by atoms with Gasteiger partial charge in [-0.25, -0.2) is 19.9 Å². The molecule has 8 heteroatoms. The van der Waals surface area contributed by atoms with Gasteiger partial charge >= 0.3 is 0 Å². The minimum atomic E-state index is 0.311. The van der Waals surface area contributed by atoms with Gasteiger partial charge in [-0.15, -0.1) is 0 Å². The Morgan fingerprint density at radius 1 is 0.475 bits per heavy atom. The van der Waals surface area contributed by atoms with Crippen LogP contribution in [0.2, 0.25) is 0 Å². The van der Waals surface area contributed by atoms with E-state index in [0.717, 1.165) is 66.4 Å². The van der Waals surface area contributed by atoms with E-state index < -0.39 is 0 Å². The molecule has 10 aromatic rings. The zero-order valence-corrected chi connectivity index (χ0v) is 34.8. The van der Waals surface area contributed by atoms with Gasteiger partial charge in [0.2, 0.25) is 0 Å². The Morgan fingerprint density at radius 2 is 1.03 bits per heavy atom. The zero-order chi connectivity index (χ0) is 40.7. The maximum absolute atomic E-state index is 6.71. The van der Waals surface area contributed by atoms with Crippen molar-refractivity contribution in [3.05, 3.63) is 138 Å². The Hall–Kier alpha value is -6.67. The van der Waals surface area contributed by atoms with E-state index in [9.17, 15) is 0 Å². The van der Waals surface area contributed by atoms with Crippen LogP contribution in [0, 0.1) is 0 Å². The maximum Gasteiger partial charge on any atom is 0.165 e. The Balaban J connectivity index is 1.22. The number of rotatable bonds is 8. The zero-order valence-electron chi connectivity index (χ0n) is 34.8. The molecular weight excluding hydrogens is 727 g/mol. The van der Waals surface area contributed by atoms with E-state index >= 15 is 0 Å². The molecule has 10 rings (SSSR count). The predicted octanol–water partition coefficient (Wildman–Crippen LogP) is 13.4. The van der Waals surface area contributed by atoms with Crippen LogP contribution in [-0.4, -0.2) is 33.7 Å². The molecule has 0 aliphatic heterocycles. The largest absolute Gasteiger partial charge is 0.457 e. The summed E-state index contributed by atoms with van der Waals surface area (Å²) in [5, 5.41) is 5.04. The molecule has 0 bridgehead atoms. The summed E-state index contributed by atoms with van der Waals surface area (Å²) in [5.41, 5.74) is 13.8. The van der Waals surface area contributed by atoms with E-state index in [1.165, 1.54) is 33.4 Å². The summed E-state index contributed by atoms with van der Waals surface area (Å²) < 4.78 is 11.0. The molecule has 0 radical (unpaired) electrons. The number of benzene rings is 4. The smallest absolute Gasteiger partial charge is 0.165 e. The number of imidazole rings is 2. The summed E-state index contributed by atoms with van der Waals surface area (Å²) in [6.45, 7) is 18.2. The fourth-order valence-corrected chi connectivity index (χ4v) is 9.09. The molecule has 6 aromatic heterocycles. The van der Waals surface area contributed by atoms with E-state index in [1.54, 1.807) is 18.6 Å². The van der Waals surface area contributed by atoms with Crippen molar-refractivity contribution in [3.8, 4) is 34.0 Å². The molecule has 59 heavy (non-hydrogen) atoms. The lowest BCUT2D eigenvalue weighted by Gasteiger charge is -2.21. The number of nitrogens with zero attached hydrogens (tertiary/aromatic N) is 7. The normalized spacial score (nSPS) is 12.3. The first-order valence-electron chi connectivity index (χ1n) is 20.8. The molecule has 0 amide bonds. The van der Waals surface area contributed by atoms with E-state index in [-0.39, 0.29) is 0 Å². The highest BCUT2D eigenvalue weighted by molar-refractivity contribution is 6.12. The van der Waals surface area contributed by atoms with E-state index in [0.29, 0.717) is 35.2 Å². The fraction of sp³-hybridized carbons (Fsp3) is 0.235. The number of ether oxygens (including phenoxy) is 1. The number of pyridine rings is 3. The van der Waals surface area contributed by atoms with Crippen LogP contribution >= 0.6 is 0 Å². The van der Waals surface area contributed by atoms with Crippen LogP contribution in [0.4, 0.5) is 0 Å². The first kappa shape index (κ1) is 36.7. The van der Waals surface area contributed by atoms with Gasteiger partial charge in [-0.3, -0.25) is 13.8 Å². The summed E-state index contributed by atoms with van der Waals surface area (Å²) in [6.07, 6.45) is 9.21. The second-order valence-electron chi connectivity index (χ2n) is 17.0. The van der Waals surface area contributed by atoms with Gasteiger partial charge in [-0.2, -0.15) is 0 Å². The molecule has 0 atom stereocenters. The molecule has 0 unspecified atom stereocenters. The van der Waals surface area contributed by atoms with Gasteiger partial charge < -0.3 is 4.74 Å². The van der Waals surface area contributed by atoms with Crippen LogP contribution in [0.3, 0.4) is 0 Å². The van der Waals surface area contributed by atoms with Gasteiger partial charge in [0.1, 0.15) is 34.0 Å². The van der Waals surface area contributed by atoms with E-state index in [2.05, 4.69) is 142 Å². The van der Waals surface area contributed by atoms with Crippen LogP contribution in [0.25, 0.3) is 77.6 Å². The highest BCUT2D eigenvalue weighted by atomic mass is 16.5. The topological polar surface area (TPSA) is 82.5 Å². The molecule has 0 saturated heterocycles. The molecule has 8 nitrogen and oxygen atoms in total. The Bertz CT molecular complexity index is 3230. The van der Waals surface area contributed by atoms with Crippen LogP contribution in [-0.2, 0) is 0 Å². The van der Waals surface area contributed by atoms with Crippen molar-refractivity contribution >= 4 is 55.0 Å². The monoisotopic (exact) mass is 773 g/mol. The van der Waals surface area contributed by atoms with E-state index in [4.69, 9.17) is 14.7 Å². The summed E-state index contributed by atoms with van der Waals surface area (Å²) in [5.74, 6) is 2.72. The molecule has 4 aromatic carbocycles. The van der Waals surface area contributed by atoms with Gasteiger partial charge in [0.15, 0.2) is 5.65 Å². The van der Waals surface area contributed by atoms with Gasteiger partial charge in [0, 0.05) is 57.5 Å². The van der Waals surface area contributed by atoms with Gasteiger partial charge in [0.25, 0.3) is 0 Å². The van der Waals surface area contributed by atoms with Crippen molar-refractivity contribution < 1.29 is 4.74 Å². The van der Waals surface area contributed by atoms with Crippen molar-refractivity contribution in [3.63, 3.8) is 0 Å². The van der Waals surface area contributed by atoms with Crippen LogP contribution in [0.5, 0.6) is 11.5 Å². The standard InChI is InChI=1S/C51H47N7O/c1-28(2)34-11-9-12-35(29(3)4)45(34)43-20-19-40-38-17-15-32(59-33-16-18-39-42(26-33)48-54-23-24-57(48)51-47(39)52-21-22-53-51)25-41(38)49-55-27-44(58(49)50(40)56-43)46-36(30(5)6)13-10-14-37(46)31(7)8/h9-31H,1-8H3. The molecule has 0 fully saturated rings. The quantitative estimate of drug-likeness (QED) is 0.143. The van der Waals surface area contributed by atoms with E-state index in [1.807, 2.05) is 34.9 Å². The van der Waals surface area contributed by atoms with Crippen LogP contribution < -0.4 is 4.74 Å². The highest BCUT2D eigenvalue weighted by Crippen LogP contribution is 2.42. The SMILES string of the molecule is CC(C)c1cccc(C(C)C)c1-c1ccc2c3ccc(Oc4ccc5c(c4)c4nccn4c4nccnc54)cc3c3ncc(-c4c(C(C)C)cccc4C(C)C)n3c2n1. The molecule has 292 valence electrons. The van der Waals surface area contributed by atoms with Crippen molar-refractivity contribution in [2.45, 2.75) is 79.1 Å². The third-order valence-electron chi connectivity index (χ3n) is 11.9. The lowest BCUT2D eigenvalue weighted by Crippen LogP contribution is -2.05. The Kier molecular flexibility index (Phi) is 8.71. The predicted molar refractivity (Wildman–Crippen MR) is 241 cm³/mol. The first-order chi connectivity index (χ1) is 28.6. The first-order valence-corrected chi connectivity index (χ1v) is 20.8. The number of hydrogen-bond donors (Lipinski definition) is 0. The molecule has 0 aliphatic carbocycles. The van der Waals surface area contributed by atoms with Gasteiger partial charge in [-0.1, -0.05) is 91.8 Å². The lowest BCUT2D eigenvalue weighted by molar-refractivity contribution is 0.484. The van der Waals surface area contributed by atoms with Crippen LogP contribution in [0.1, 0.15) is 101 Å². The van der Waals surface area contributed by atoms with Crippen LogP contribution in [0.15, 0.2) is 116 Å². The van der Waals surface area contributed by atoms with Crippen molar-refractivity contribution in [2.75, 3.05) is 0 Å². The second kappa shape index (κ2) is 14.0. The molecule has 0 N–H and O–H groups in total. The highest BCUT2D eigenvalue weighted by Gasteiger charge is 2.24. The summed E-state index contributed by atoms with van der Waals surface area (Å²) in [6, 6.07) is 30.3. The molecule has 0 saturated carbocycles. The summed E-state index contributed by atoms with van der Waals surface area (Å²) >= 11 is 0. The van der Waals surface area contributed by atoms with Gasteiger partial charge in [0.05, 0.1) is 17.6 Å². The third kappa shape index (κ3) is 5.83. The molecule has 6 heterocycles. The Morgan fingerprint density at radius 3 is 1.68 bits per heavy atom. The fourth-order valence-electron chi connectivity index (χ4n) is 9.09.